The number of hydrogen-bond donors (Lipinski definition) is 0. The Kier molecular flexibility index (Phi) is 6.41. The smallest absolute Gasteiger partial charge is 0.184 e. The molecule has 0 bridgehead atoms. The molecule has 0 aromatic heterocycles. The Labute approximate surface area is 160 Å². The monoisotopic (exact) mass is 376 g/mol. The van der Waals surface area contributed by atoms with Crippen molar-refractivity contribution in [3.63, 3.8) is 0 Å². The van der Waals surface area contributed by atoms with Gasteiger partial charge in [0.2, 0.25) is 0 Å². The molecule has 1 aliphatic heterocycles. The van der Waals surface area contributed by atoms with Crippen molar-refractivity contribution in [2.45, 2.75) is 51.8 Å². The summed E-state index contributed by atoms with van der Waals surface area (Å²) in [6, 6.07) is 15.2. The van der Waals surface area contributed by atoms with E-state index in [0.717, 1.165) is 23.5 Å². The molecule has 1 saturated heterocycles. The van der Waals surface area contributed by atoms with Crippen LogP contribution in [0.2, 0.25) is 5.02 Å². The first kappa shape index (κ1) is 19.0. The van der Waals surface area contributed by atoms with Crippen LogP contribution in [0.15, 0.2) is 48.5 Å². The summed E-state index contributed by atoms with van der Waals surface area (Å²) in [5.74, 6) is 1.63. The van der Waals surface area contributed by atoms with Gasteiger partial charge < -0.3 is 18.9 Å². The molecule has 0 aliphatic carbocycles. The van der Waals surface area contributed by atoms with E-state index in [1.54, 1.807) is 0 Å². The zero-order valence-corrected chi connectivity index (χ0v) is 16.1. The number of rotatable bonds is 7. The quantitative estimate of drug-likeness (QED) is 0.648. The van der Waals surface area contributed by atoms with Crippen LogP contribution < -0.4 is 9.47 Å². The van der Waals surface area contributed by atoms with E-state index < -0.39 is 0 Å². The number of halogens is 1. The third kappa shape index (κ3) is 4.91. The maximum Gasteiger partial charge on any atom is 0.184 e. The summed E-state index contributed by atoms with van der Waals surface area (Å²) >= 11 is 5.92. The van der Waals surface area contributed by atoms with Crippen LogP contribution >= 0.6 is 11.6 Å². The molecule has 2 aromatic carbocycles. The van der Waals surface area contributed by atoms with Crippen molar-refractivity contribution >= 4 is 11.6 Å². The summed E-state index contributed by atoms with van der Waals surface area (Å²) in [5, 5.41) is 0.695. The van der Waals surface area contributed by atoms with Gasteiger partial charge in [-0.3, -0.25) is 0 Å². The highest BCUT2D eigenvalue weighted by Crippen LogP contribution is 2.30. The van der Waals surface area contributed by atoms with Gasteiger partial charge >= 0.3 is 0 Å². The van der Waals surface area contributed by atoms with Crippen molar-refractivity contribution < 1.29 is 18.9 Å². The normalized spacial score (nSPS) is 22.0. The second-order valence-electron chi connectivity index (χ2n) is 6.52. The van der Waals surface area contributed by atoms with Crippen molar-refractivity contribution in [2.24, 2.45) is 0 Å². The lowest BCUT2D eigenvalue weighted by Gasteiger charge is -2.20. The van der Waals surface area contributed by atoms with E-state index in [-0.39, 0.29) is 24.6 Å². The van der Waals surface area contributed by atoms with Gasteiger partial charge in [-0.2, -0.15) is 0 Å². The van der Waals surface area contributed by atoms with Crippen molar-refractivity contribution in [3.05, 3.63) is 59.1 Å². The van der Waals surface area contributed by atoms with Gasteiger partial charge in [-0.15, -0.1) is 0 Å². The number of hydrogen-bond acceptors (Lipinski definition) is 4. The Morgan fingerprint density at radius 1 is 1.00 bits per heavy atom. The zero-order chi connectivity index (χ0) is 18.5. The lowest BCUT2D eigenvalue weighted by molar-refractivity contribution is -0.0766. The minimum absolute atomic E-state index is 0.131. The van der Waals surface area contributed by atoms with Gasteiger partial charge in [-0.05, 0) is 56.7 Å². The molecule has 0 radical (unpaired) electrons. The zero-order valence-electron chi connectivity index (χ0n) is 15.4. The average molecular weight is 377 g/mol. The van der Waals surface area contributed by atoms with E-state index in [9.17, 15) is 0 Å². The summed E-state index contributed by atoms with van der Waals surface area (Å²) in [7, 11) is 0. The summed E-state index contributed by atoms with van der Waals surface area (Å²) < 4.78 is 23.5. The first-order valence-corrected chi connectivity index (χ1v) is 9.39. The molecule has 5 heteroatoms. The standard InChI is InChI=1S/C21H25ClO4/c1-4-14(2)24-18-9-11-19(12-10-18)25-15(3)20-13-23-21(26-20)16-5-7-17(22)8-6-16/h5-12,14-15,20-21H,4,13H2,1-3H3. The maximum atomic E-state index is 6.01. The predicted molar refractivity (Wildman–Crippen MR) is 102 cm³/mol. The average Bonchev–Trinajstić information content (AvgIpc) is 3.14. The van der Waals surface area contributed by atoms with Crippen LogP contribution in [0.4, 0.5) is 0 Å². The van der Waals surface area contributed by atoms with Crippen LogP contribution in [-0.2, 0) is 9.47 Å². The number of benzene rings is 2. The van der Waals surface area contributed by atoms with Crippen molar-refractivity contribution in [1.82, 2.24) is 0 Å². The van der Waals surface area contributed by atoms with E-state index >= 15 is 0 Å². The van der Waals surface area contributed by atoms with E-state index in [1.807, 2.05) is 55.5 Å². The Morgan fingerprint density at radius 3 is 2.23 bits per heavy atom. The highest BCUT2D eigenvalue weighted by Gasteiger charge is 2.32. The highest BCUT2D eigenvalue weighted by molar-refractivity contribution is 6.30. The molecule has 4 nitrogen and oxygen atoms in total. The van der Waals surface area contributed by atoms with Crippen molar-refractivity contribution in [3.8, 4) is 11.5 Å². The van der Waals surface area contributed by atoms with Gasteiger partial charge in [0.15, 0.2) is 6.29 Å². The minimum atomic E-state index is -0.380. The van der Waals surface area contributed by atoms with Gasteiger partial charge in [-0.1, -0.05) is 30.7 Å². The SMILES string of the molecule is CCC(C)Oc1ccc(OC(C)C2COC(c3ccc(Cl)cc3)O2)cc1. The topological polar surface area (TPSA) is 36.9 Å². The fourth-order valence-electron chi connectivity index (χ4n) is 2.66. The van der Waals surface area contributed by atoms with Crippen molar-refractivity contribution in [1.29, 1.82) is 0 Å². The maximum absolute atomic E-state index is 6.01. The molecule has 4 atom stereocenters. The van der Waals surface area contributed by atoms with Crippen LogP contribution in [-0.4, -0.2) is 24.9 Å². The van der Waals surface area contributed by atoms with Crippen LogP contribution in [0.25, 0.3) is 0 Å². The Balaban J connectivity index is 1.53. The number of ether oxygens (including phenoxy) is 4. The third-order valence-corrected chi connectivity index (χ3v) is 4.69. The van der Waals surface area contributed by atoms with E-state index in [4.69, 9.17) is 30.5 Å². The van der Waals surface area contributed by atoms with Gasteiger partial charge in [-0.25, -0.2) is 0 Å². The molecule has 0 spiro atoms. The van der Waals surface area contributed by atoms with Crippen LogP contribution in [0.5, 0.6) is 11.5 Å². The summed E-state index contributed by atoms with van der Waals surface area (Å²) in [4.78, 5) is 0. The lowest BCUT2D eigenvalue weighted by atomic mass is 10.2. The lowest BCUT2D eigenvalue weighted by Crippen LogP contribution is -2.30. The molecule has 0 saturated carbocycles. The van der Waals surface area contributed by atoms with Crippen molar-refractivity contribution in [2.75, 3.05) is 6.61 Å². The Bertz CT molecular complexity index is 686. The Hall–Kier alpha value is -1.75. The summed E-state index contributed by atoms with van der Waals surface area (Å²) in [6.45, 7) is 6.64. The van der Waals surface area contributed by atoms with E-state index in [0.29, 0.717) is 11.6 Å². The molecule has 26 heavy (non-hydrogen) atoms. The summed E-state index contributed by atoms with van der Waals surface area (Å²) in [6.07, 6.45) is 0.535. The van der Waals surface area contributed by atoms with Gasteiger partial charge in [0.05, 0.1) is 12.7 Å². The molecule has 1 fully saturated rings. The second kappa shape index (κ2) is 8.76. The summed E-state index contributed by atoms with van der Waals surface area (Å²) in [5.41, 5.74) is 0.954. The van der Waals surface area contributed by atoms with Crippen LogP contribution in [0, 0.1) is 0 Å². The highest BCUT2D eigenvalue weighted by atomic mass is 35.5. The first-order chi connectivity index (χ1) is 12.5. The molecule has 0 amide bonds. The molecule has 4 unspecified atom stereocenters. The molecule has 1 aliphatic rings. The predicted octanol–water partition coefficient (Wildman–Crippen LogP) is 5.40. The fraction of sp³-hybridized carbons (Fsp3) is 0.429. The molecular weight excluding hydrogens is 352 g/mol. The molecule has 3 rings (SSSR count). The van der Waals surface area contributed by atoms with Crippen LogP contribution in [0.3, 0.4) is 0 Å². The fourth-order valence-corrected chi connectivity index (χ4v) is 2.79. The molecule has 1 heterocycles. The van der Waals surface area contributed by atoms with Gasteiger partial charge in [0.1, 0.15) is 23.7 Å². The largest absolute Gasteiger partial charge is 0.491 e. The van der Waals surface area contributed by atoms with E-state index in [1.165, 1.54) is 0 Å². The van der Waals surface area contributed by atoms with Crippen LogP contribution in [0.1, 0.15) is 39.0 Å². The molecule has 2 aromatic rings. The third-order valence-electron chi connectivity index (χ3n) is 4.43. The van der Waals surface area contributed by atoms with Gasteiger partial charge in [0.25, 0.3) is 0 Å². The van der Waals surface area contributed by atoms with Gasteiger partial charge in [0, 0.05) is 10.6 Å². The molecule has 0 N–H and O–H groups in total. The molecular formula is C21H25ClO4. The second-order valence-corrected chi connectivity index (χ2v) is 6.96. The Morgan fingerprint density at radius 2 is 1.62 bits per heavy atom. The molecule has 140 valence electrons. The first-order valence-electron chi connectivity index (χ1n) is 9.01. The van der Waals surface area contributed by atoms with E-state index in [2.05, 4.69) is 13.8 Å². The minimum Gasteiger partial charge on any atom is -0.491 e.